The fourth-order valence-corrected chi connectivity index (χ4v) is 2.92. The third-order valence-corrected chi connectivity index (χ3v) is 4.30. The van der Waals surface area contributed by atoms with Gasteiger partial charge in [0, 0.05) is 24.2 Å². The Hall–Kier alpha value is -3.48. The summed E-state index contributed by atoms with van der Waals surface area (Å²) in [5.41, 5.74) is 1.99. The lowest BCUT2D eigenvalue weighted by Gasteiger charge is -2.15. The topological polar surface area (TPSA) is 85.5 Å². The summed E-state index contributed by atoms with van der Waals surface area (Å²) in [5.74, 6) is 0.215. The van der Waals surface area contributed by atoms with Crippen LogP contribution in [0.5, 0.6) is 0 Å². The van der Waals surface area contributed by atoms with Gasteiger partial charge in [-0.3, -0.25) is 4.79 Å². The van der Waals surface area contributed by atoms with Gasteiger partial charge in [0.05, 0.1) is 5.56 Å². The number of benzene rings is 2. The summed E-state index contributed by atoms with van der Waals surface area (Å²) in [6.07, 6.45) is 1.43. The second kappa shape index (κ2) is 7.41. The molecule has 0 radical (unpaired) electrons. The highest BCUT2D eigenvalue weighted by Crippen LogP contribution is 2.22. The molecule has 3 aromatic rings. The number of carbonyl (C=O) groups excluding carboxylic acids is 2. The maximum atomic E-state index is 12.2. The number of esters is 1. The van der Waals surface area contributed by atoms with Crippen molar-refractivity contribution in [2.75, 3.05) is 11.4 Å². The van der Waals surface area contributed by atoms with Crippen LogP contribution in [0.1, 0.15) is 29.1 Å². The van der Waals surface area contributed by atoms with Gasteiger partial charge < -0.3 is 14.1 Å². The van der Waals surface area contributed by atoms with E-state index < -0.39 is 5.97 Å². The van der Waals surface area contributed by atoms with E-state index in [1.54, 1.807) is 29.2 Å². The number of hydrogen-bond donors (Lipinski definition) is 0. The van der Waals surface area contributed by atoms with E-state index in [1.807, 2.05) is 30.3 Å². The van der Waals surface area contributed by atoms with Gasteiger partial charge in [-0.15, -0.1) is 10.2 Å². The van der Waals surface area contributed by atoms with Crippen LogP contribution in [0.2, 0.25) is 0 Å². The number of rotatable bonds is 5. The molecule has 7 heteroatoms. The molecule has 1 fully saturated rings. The molecule has 0 bridgehead atoms. The second-order valence-corrected chi connectivity index (χ2v) is 6.14. The number of carbonyl (C=O) groups is 2. The van der Waals surface area contributed by atoms with E-state index in [9.17, 15) is 9.59 Å². The molecule has 0 spiro atoms. The van der Waals surface area contributed by atoms with Crippen LogP contribution < -0.4 is 4.90 Å². The van der Waals surface area contributed by atoms with Crippen LogP contribution in [-0.4, -0.2) is 28.6 Å². The molecule has 0 N–H and O–H groups in total. The summed E-state index contributed by atoms with van der Waals surface area (Å²) < 4.78 is 10.7. The largest absolute Gasteiger partial charge is 0.452 e. The van der Waals surface area contributed by atoms with Gasteiger partial charge in [-0.05, 0) is 42.8 Å². The summed E-state index contributed by atoms with van der Waals surface area (Å²) in [7, 11) is 0. The number of nitrogens with zero attached hydrogens (tertiary/aromatic N) is 3. The number of aromatic nitrogens is 2. The first-order valence-electron chi connectivity index (χ1n) is 8.66. The highest BCUT2D eigenvalue weighted by atomic mass is 16.5. The SMILES string of the molecule is O=C(OCc1nnc(-c2ccccc2)o1)c1ccc(N2CCCC2=O)cc1. The molecule has 27 heavy (non-hydrogen) atoms. The molecule has 0 unspecified atom stereocenters. The minimum atomic E-state index is -0.492. The van der Waals surface area contributed by atoms with Crippen molar-refractivity contribution >= 4 is 17.6 Å². The van der Waals surface area contributed by atoms with Crippen molar-refractivity contribution in [3.8, 4) is 11.5 Å². The van der Waals surface area contributed by atoms with Crippen LogP contribution in [0, 0.1) is 0 Å². The first kappa shape index (κ1) is 17.0. The first-order valence-corrected chi connectivity index (χ1v) is 8.66. The number of amides is 1. The predicted octanol–water partition coefficient (Wildman–Crippen LogP) is 3.22. The van der Waals surface area contributed by atoms with Crippen LogP contribution in [0.3, 0.4) is 0 Å². The zero-order valence-electron chi connectivity index (χ0n) is 14.5. The Bertz CT molecular complexity index is 951. The zero-order valence-corrected chi connectivity index (χ0v) is 14.5. The molecule has 1 aliphatic rings. The van der Waals surface area contributed by atoms with Crippen molar-refractivity contribution in [2.45, 2.75) is 19.4 Å². The highest BCUT2D eigenvalue weighted by Gasteiger charge is 2.22. The smallest absolute Gasteiger partial charge is 0.338 e. The molecular weight excluding hydrogens is 346 g/mol. The average molecular weight is 363 g/mol. The minimum Gasteiger partial charge on any atom is -0.452 e. The fraction of sp³-hybridized carbons (Fsp3) is 0.200. The van der Waals surface area contributed by atoms with Gasteiger partial charge >= 0.3 is 5.97 Å². The van der Waals surface area contributed by atoms with E-state index in [1.165, 1.54) is 0 Å². The second-order valence-electron chi connectivity index (χ2n) is 6.14. The molecular formula is C20H17N3O4. The first-order chi connectivity index (χ1) is 13.2. The van der Waals surface area contributed by atoms with Crippen molar-refractivity contribution in [2.24, 2.45) is 0 Å². The Balaban J connectivity index is 1.37. The summed E-state index contributed by atoms with van der Waals surface area (Å²) in [5, 5.41) is 7.85. The molecule has 1 aliphatic heterocycles. The monoisotopic (exact) mass is 363 g/mol. The summed E-state index contributed by atoms with van der Waals surface area (Å²) >= 11 is 0. The van der Waals surface area contributed by atoms with Gasteiger partial charge in [-0.1, -0.05) is 18.2 Å². The van der Waals surface area contributed by atoms with Gasteiger partial charge in [0.15, 0.2) is 6.61 Å². The molecule has 0 saturated carbocycles. The van der Waals surface area contributed by atoms with Crippen molar-refractivity contribution in [1.29, 1.82) is 0 Å². The summed E-state index contributed by atoms with van der Waals surface area (Å²) in [6, 6.07) is 16.1. The Labute approximate surface area is 155 Å². The van der Waals surface area contributed by atoms with E-state index in [-0.39, 0.29) is 18.4 Å². The van der Waals surface area contributed by atoms with Gasteiger partial charge in [-0.2, -0.15) is 0 Å². The third kappa shape index (κ3) is 3.72. The number of ether oxygens (including phenoxy) is 1. The normalized spacial score (nSPS) is 13.8. The van der Waals surface area contributed by atoms with Crippen LogP contribution in [-0.2, 0) is 16.1 Å². The van der Waals surface area contributed by atoms with Gasteiger partial charge in [0.2, 0.25) is 11.8 Å². The summed E-state index contributed by atoms with van der Waals surface area (Å²) in [6.45, 7) is 0.606. The van der Waals surface area contributed by atoms with Crippen molar-refractivity contribution in [1.82, 2.24) is 10.2 Å². The van der Waals surface area contributed by atoms with E-state index >= 15 is 0 Å². The van der Waals surface area contributed by atoms with Crippen molar-refractivity contribution in [3.05, 3.63) is 66.1 Å². The standard InChI is InChI=1S/C20H17N3O4/c24-18-7-4-12-23(18)16-10-8-15(9-11-16)20(25)26-13-17-21-22-19(27-17)14-5-2-1-3-6-14/h1-3,5-6,8-11H,4,7,12-13H2. The quantitative estimate of drug-likeness (QED) is 0.647. The highest BCUT2D eigenvalue weighted by molar-refractivity contribution is 5.96. The third-order valence-electron chi connectivity index (χ3n) is 4.30. The Morgan fingerprint density at radius 3 is 2.56 bits per heavy atom. The zero-order chi connectivity index (χ0) is 18.6. The molecule has 1 aromatic heterocycles. The lowest BCUT2D eigenvalue weighted by atomic mass is 10.2. The molecule has 136 valence electrons. The Kier molecular flexibility index (Phi) is 4.65. The van der Waals surface area contributed by atoms with Gasteiger partial charge in [0.1, 0.15) is 0 Å². The molecule has 2 heterocycles. The molecule has 0 aliphatic carbocycles. The Morgan fingerprint density at radius 2 is 1.85 bits per heavy atom. The van der Waals surface area contributed by atoms with Crippen LogP contribution in [0.15, 0.2) is 59.0 Å². The maximum absolute atomic E-state index is 12.2. The molecule has 1 amide bonds. The van der Waals surface area contributed by atoms with E-state index in [4.69, 9.17) is 9.15 Å². The van der Waals surface area contributed by atoms with Gasteiger partial charge in [-0.25, -0.2) is 4.79 Å². The Morgan fingerprint density at radius 1 is 1.07 bits per heavy atom. The van der Waals surface area contributed by atoms with Crippen LogP contribution in [0.4, 0.5) is 5.69 Å². The van der Waals surface area contributed by atoms with E-state index in [2.05, 4.69) is 10.2 Å². The molecule has 7 nitrogen and oxygen atoms in total. The number of hydrogen-bond acceptors (Lipinski definition) is 6. The van der Waals surface area contributed by atoms with E-state index in [0.29, 0.717) is 24.4 Å². The molecule has 1 saturated heterocycles. The van der Waals surface area contributed by atoms with Crippen LogP contribution in [0.25, 0.3) is 11.5 Å². The maximum Gasteiger partial charge on any atom is 0.338 e. The van der Waals surface area contributed by atoms with E-state index in [0.717, 1.165) is 17.7 Å². The minimum absolute atomic E-state index is 0.106. The van der Waals surface area contributed by atoms with Crippen molar-refractivity contribution in [3.63, 3.8) is 0 Å². The lowest BCUT2D eigenvalue weighted by molar-refractivity contribution is -0.117. The predicted molar refractivity (Wildman–Crippen MR) is 96.9 cm³/mol. The fourth-order valence-electron chi connectivity index (χ4n) is 2.92. The molecule has 2 aromatic carbocycles. The number of anilines is 1. The lowest BCUT2D eigenvalue weighted by Crippen LogP contribution is -2.23. The average Bonchev–Trinajstić information content (AvgIpc) is 3.36. The van der Waals surface area contributed by atoms with Crippen LogP contribution >= 0.6 is 0 Å². The van der Waals surface area contributed by atoms with Gasteiger partial charge in [0.25, 0.3) is 5.89 Å². The summed E-state index contributed by atoms with van der Waals surface area (Å²) in [4.78, 5) is 25.7. The molecule has 0 atom stereocenters. The van der Waals surface area contributed by atoms with Crippen molar-refractivity contribution < 1.29 is 18.7 Å². The molecule has 4 rings (SSSR count).